The fraction of sp³-hybridized carbons (Fsp3) is 0.190. The van der Waals surface area contributed by atoms with Crippen LogP contribution >= 0.6 is 11.3 Å². The van der Waals surface area contributed by atoms with Crippen LogP contribution in [0.4, 0.5) is 11.4 Å². The number of nitrogens with zero attached hydrogens (tertiary/aromatic N) is 1. The van der Waals surface area contributed by atoms with Crippen molar-refractivity contribution in [2.45, 2.75) is 26.4 Å². The van der Waals surface area contributed by atoms with Gasteiger partial charge in [-0.15, -0.1) is 11.3 Å². The number of amides is 1. The summed E-state index contributed by atoms with van der Waals surface area (Å²) in [4.78, 5) is 23.2. The molecule has 0 aliphatic heterocycles. The maximum Gasteiger partial charge on any atom is 0.269 e. The van der Waals surface area contributed by atoms with Crippen molar-refractivity contribution in [1.29, 1.82) is 0 Å². The van der Waals surface area contributed by atoms with Crippen molar-refractivity contribution in [2.75, 3.05) is 5.32 Å². The van der Waals surface area contributed by atoms with Crippen LogP contribution in [-0.4, -0.2) is 10.8 Å². The van der Waals surface area contributed by atoms with Gasteiger partial charge >= 0.3 is 0 Å². The largest absolute Gasteiger partial charge is 0.489 e. The molecule has 2 aromatic carbocycles. The van der Waals surface area contributed by atoms with Gasteiger partial charge in [-0.3, -0.25) is 14.9 Å². The Morgan fingerprint density at radius 3 is 2.43 bits per heavy atom. The predicted octanol–water partition coefficient (Wildman–Crippen LogP) is 5.61. The number of non-ortho nitro benzene ring substituents is 1. The summed E-state index contributed by atoms with van der Waals surface area (Å²) in [6, 6.07) is 15.5. The first kappa shape index (κ1) is 19.6. The van der Waals surface area contributed by atoms with Gasteiger partial charge in [0.05, 0.1) is 9.80 Å². The van der Waals surface area contributed by atoms with Crippen LogP contribution < -0.4 is 10.1 Å². The highest BCUT2D eigenvalue weighted by atomic mass is 32.1. The van der Waals surface area contributed by atoms with Crippen LogP contribution in [0.5, 0.6) is 5.75 Å². The Balaban J connectivity index is 1.56. The van der Waals surface area contributed by atoms with Crippen LogP contribution in [0.25, 0.3) is 0 Å². The van der Waals surface area contributed by atoms with E-state index in [2.05, 4.69) is 19.2 Å². The highest BCUT2D eigenvalue weighted by molar-refractivity contribution is 7.12. The Bertz CT molecular complexity index is 963. The lowest BCUT2D eigenvalue weighted by Crippen LogP contribution is -2.10. The fourth-order valence-electron chi connectivity index (χ4n) is 2.55. The second-order valence-electron chi connectivity index (χ2n) is 6.59. The Morgan fingerprint density at radius 2 is 1.82 bits per heavy atom. The maximum atomic E-state index is 12.4. The highest BCUT2D eigenvalue weighted by Gasteiger charge is 2.11. The molecule has 144 valence electrons. The molecule has 1 aromatic heterocycles. The summed E-state index contributed by atoms with van der Waals surface area (Å²) in [6.45, 7) is 4.53. The van der Waals surface area contributed by atoms with Crippen molar-refractivity contribution < 1.29 is 14.5 Å². The van der Waals surface area contributed by atoms with Gasteiger partial charge in [0.1, 0.15) is 12.4 Å². The summed E-state index contributed by atoms with van der Waals surface area (Å²) in [5, 5.41) is 15.4. The smallest absolute Gasteiger partial charge is 0.269 e. The molecule has 28 heavy (non-hydrogen) atoms. The standard InChI is InChI=1S/C21H20N2O4S/c1-14(2)16-3-5-17(6-4-16)22-21(24)20-11-15(13-28-20)12-27-19-9-7-18(8-10-19)23(25)26/h3-11,13-14H,12H2,1-2H3,(H,22,24). The Kier molecular flexibility index (Phi) is 6.06. The van der Waals surface area contributed by atoms with Crippen LogP contribution in [0.15, 0.2) is 60.0 Å². The third-order valence-electron chi connectivity index (χ3n) is 4.17. The van der Waals surface area contributed by atoms with Crippen LogP contribution in [0.2, 0.25) is 0 Å². The molecule has 1 N–H and O–H groups in total. The molecule has 0 bridgehead atoms. The van der Waals surface area contributed by atoms with E-state index in [4.69, 9.17) is 4.74 Å². The Hall–Kier alpha value is -3.19. The molecular formula is C21H20N2O4S. The first-order valence-corrected chi connectivity index (χ1v) is 9.66. The minimum Gasteiger partial charge on any atom is -0.489 e. The molecule has 3 aromatic rings. The van der Waals surface area contributed by atoms with E-state index in [1.807, 2.05) is 29.6 Å². The minimum absolute atomic E-state index is 0.0169. The van der Waals surface area contributed by atoms with Crippen molar-refractivity contribution in [3.8, 4) is 5.75 Å². The number of benzene rings is 2. The molecule has 0 radical (unpaired) electrons. The van der Waals surface area contributed by atoms with Crippen LogP contribution in [0.1, 0.15) is 40.6 Å². The van der Waals surface area contributed by atoms with Gasteiger partial charge in [-0.2, -0.15) is 0 Å². The second-order valence-corrected chi connectivity index (χ2v) is 7.50. The number of hydrogen-bond acceptors (Lipinski definition) is 5. The molecule has 0 saturated heterocycles. The van der Waals surface area contributed by atoms with Crippen molar-refractivity contribution in [3.05, 3.63) is 86.1 Å². The van der Waals surface area contributed by atoms with Gasteiger partial charge in [-0.05, 0) is 47.2 Å². The molecule has 1 heterocycles. The van der Waals surface area contributed by atoms with Gasteiger partial charge in [0.15, 0.2) is 0 Å². The lowest BCUT2D eigenvalue weighted by Gasteiger charge is -2.07. The quantitative estimate of drug-likeness (QED) is 0.416. The Morgan fingerprint density at radius 1 is 1.14 bits per heavy atom. The van der Waals surface area contributed by atoms with Gasteiger partial charge in [-0.1, -0.05) is 26.0 Å². The molecular weight excluding hydrogens is 376 g/mol. The number of nitro benzene ring substituents is 1. The van der Waals surface area contributed by atoms with Gasteiger partial charge in [-0.25, -0.2) is 0 Å². The molecule has 6 nitrogen and oxygen atoms in total. The predicted molar refractivity (Wildman–Crippen MR) is 110 cm³/mol. The summed E-state index contributed by atoms with van der Waals surface area (Å²) in [6.07, 6.45) is 0. The lowest BCUT2D eigenvalue weighted by atomic mass is 10.0. The summed E-state index contributed by atoms with van der Waals surface area (Å²) < 4.78 is 5.63. The van der Waals surface area contributed by atoms with Crippen LogP contribution in [0.3, 0.4) is 0 Å². The molecule has 7 heteroatoms. The SMILES string of the molecule is CC(C)c1ccc(NC(=O)c2cc(COc3ccc([N+](=O)[O-])cc3)cs2)cc1. The molecule has 0 fully saturated rings. The molecule has 3 rings (SSSR count). The number of ether oxygens (including phenoxy) is 1. The topological polar surface area (TPSA) is 81.5 Å². The van der Waals surface area contributed by atoms with Crippen LogP contribution in [-0.2, 0) is 6.61 Å². The van der Waals surface area contributed by atoms with Crippen molar-refractivity contribution in [1.82, 2.24) is 0 Å². The number of carbonyl (C=O) groups is 1. The summed E-state index contributed by atoms with van der Waals surface area (Å²) >= 11 is 1.35. The van der Waals surface area contributed by atoms with Crippen molar-refractivity contribution >= 4 is 28.6 Å². The van der Waals surface area contributed by atoms with E-state index in [-0.39, 0.29) is 18.2 Å². The normalized spacial score (nSPS) is 10.7. The first-order valence-electron chi connectivity index (χ1n) is 8.78. The van der Waals surface area contributed by atoms with Crippen LogP contribution in [0, 0.1) is 10.1 Å². The zero-order chi connectivity index (χ0) is 20.1. The monoisotopic (exact) mass is 396 g/mol. The molecule has 0 saturated carbocycles. The van der Waals surface area contributed by atoms with Gasteiger partial charge in [0.25, 0.3) is 11.6 Å². The molecule has 0 aliphatic rings. The number of nitrogens with one attached hydrogen (secondary N) is 1. The van der Waals surface area contributed by atoms with E-state index in [0.29, 0.717) is 16.5 Å². The van der Waals surface area contributed by atoms with E-state index in [9.17, 15) is 14.9 Å². The number of hydrogen-bond donors (Lipinski definition) is 1. The number of anilines is 1. The number of thiophene rings is 1. The zero-order valence-electron chi connectivity index (χ0n) is 15.5. The van der Waals surface area contributed by atoms with E-state index in [1.165, 1.54) is 29.0 Å². The van der Waals surface area contributed by atoms with E-state index in [1.54, 1.807) is 18.2 Å². The average molecular weight is 396 g/mol. The van der Waals surface area contributed by atoms with E-state index < -0.39 is 4.92 Å². The molecule has 0 spiro atoms. The molecule has 1 amide bonds. The molecule has 0 atom stereocenters. The summed E-state index contributed by atoms with van der Waals surface area (Å²) in [5.74, 6) is 0.817. The Labute approximate surface area is 166 Å². The zero-order valence-corrected chi connectivity index (χ0v) is 16.4. The lowest BCUT2D eigenvalue weighted by molar-refractivity contribution is -0.384. The third-order valence-corrected chi connectivity index (χ3v) is 5.14. The molecule has 0 aliphatic carbocycles. The fourth-order valence-corrected chi connectivity index (χ4v) is 3.34. The number of nitro groups is 1. The third kappa shape index (κ3) is 4.95. The number of rotatable bonds is 7. The average Bonchev–Trinajstić information content (AvgIpc) is 3.16. The summed E-state index contributed by atoms with van der Waals surface area (Å²) in [7, 11) is 0. The highest BCUT2D eigenvalue weighted by Crippen LogP contribution is 2.22. The van der Waals surface area contributed by atoms with Gasteiger partial charge in [0.2, 0.25) is 0 Å². The first-order chi connectivity index (χ1) is 13.4. The number of carbonyl (C=O) groups excluding carboxylic acids is 1. The van der Waals surface area contributed by atoms with Gasteiger partial charge in [0, 0.05) is 23.4 Å². The van der Waals surface area contributed by atoms with Gasteiger partial charge < -0.3 is 10.1 Å². The van der Waals surface area contributed by atoms with E-state index >= 15 is 0 Å². The van der Waals surface area contributed by atoms with Crippen molar-refractivity contribution in [3.63, 3.8) is 0 Å². The minimum atomic E-state index is -0.454. The van der Waals surface area contributed by atoms with E-state index in [0.717, 1.165) is 11.3 Å². The van der Waals surface area contributed by atoms with Crippen molar-refractivity contribution in [2.24, 2.45) is 0 Å². The molecule has 0 unspecified atom stereocenters. The maximum absolute atomic E-state index is 12.4. The summed E-state index contributed by atoms with van der Waals surface area (Å²) in [5.41, 5.74) is 2.86. The second kappa shape index (κ2) is 8.67.